The first-order valence-corrected chi connectivity index (χ1v) is 15.0. The van der Waals surface area contributed by atoms with Gasteiger partial charge in [0.2, 0.25) is 0 Å². The molecule has 0 amide bonds. The van der Waals surface area contributed by atoms with E-state index in [1.807, 2.05) is 12.1 Å². The van der Waals surface area contributed by atoms with E-state index in [-0.39, 0.29) is 0 Å². The zero-order chi connectivity index (χ0) is 25.3. The topological polar surface area (TPSA) is 49.3 Å². The molecule has 5 aliphatic carbocycles. The van der Waals surface area contributed by atoms with Crippen LogP contribution in [-0.2, 0) is 0 Å². The highest BCUT2D eigenvalue weighted by Gasteiger charge is 2.64. The van der Waals surface area contributed by atoms with Crippen molar-refractivity contribution < 1.29 is 9.90 Å². The Labute approximate surface area is 218 Å². The number of rotatable bonds is 4. The SMILES string of the molecule is CCNC12CCC[C@@H]1C1CCC3C4(C)CC=C(c5ccc(C(=O)O)cc5)C(C)C4CCC3(C)C1CC2. The van der Waals surface area contributed by atoms with Gasteiger partial charge in [-0.25, -0.2) is 4.79 Å². The van der Waals surface area contributed by atoms with Crippen LogP contribution in [0, 0.1) is 46.3 Å². The van der Waals surface area contributed by atoms with E-state index in [2.05, 4.69) is 39.1 Å². The van der Waals surface area contributed by atoms with Gasteiger partial charge in [0.15, 0.2) is 0 Å². The van der Waals surface area contributed by atoms with E-state index in [4.69, 9.17) is 0 Å². The number of allylic oxidation sites excluding steroid dienone is 2. The number of carbonyl (C=O) groups is 1. The maximum absolute atomic E-state index is 11.3. The van der Waals surface area contributed by atoms with Gasteiger partial charge in [-0.1, -0.05) is 52.3 Å². The van der Waals surface area contributed by atoms with E-state index in [1.165, 1.54) is 75.3 Å². The predicted octanol–water partition coefficient (Wildman–Crippen LogP) is 7.82. The molecular weight excluding hydrogens is 442 g/mol. The minimum absolute atomic E-state index is 0.380. The van der Waals surface area contributed by atoms with Gasteiger partial charge >= 0.3 is 5.97 Å². The van der Waals surface area contributed by atoms with Crippen molar-refractivity contribution in [1.29, 1.82) is 0 Å². The standard InChI is InChI=1S/C33H47NO2/c1-5-34-33-17-6-7-28(33)25-12-13-29-31(3)18-14-24(22-8-10-23(11-9-22)30(35)36)21(2)26(31)15-19-32(29,4)27(25)16-20-33/h8-11,14,21,25-29,34H,5-7,12-13,15-20H2,1-4H3,(H,35,36)/t21?,25?,26?,27?,28-,29?,31?,32?,33?/m1/s1. The summed E-state index contributed by atoms with van der Waals surface area (Å²) in [6.45, 7) is 11.3. The molecule has 3 heteroatoms. The molecule has 2 N–H and O–H groups in total. The molecule has 0 saturated heterocycles. The van der Waals surface area contributed by atoms with E-state index in [1.54, 1.807) is 12.1 Å². The maximum atomic E-state index is 11.3. The summed E-state index contributed by atoms with van der Waals surface area (Å²) in [4.78, 5) is 11.3. The Morgan fingerprint density at radius 2 is 1.69 bits per heavy atom. The first-order chi connectivity index (χ1) is 17.2. The Kier molecular flexibility index (Phi) is 5.98. The fourth-order valence-corrected chi connectivity index (χ4v) is 11.3. The highest BCUT2D eigenvalue weighted by atomic mass is 16.4. The van der Waals surface area contributed by atoms with Crippen LogP contribution in [0.3, 0.4) is 0 Å². The number of carboxylic acid groups (broad SMARTS) is 1. The van der Waals surface area contributed by atoms with Gasteiger partial charge in [-0.15, -0.1) is 0 Å². The average molecular weight is 490 g/mol. The number of nitrogens with one attached hydrogen (secondary N) is 1. The molecule has 0 radical (unpaired) electrons. The van der Waals surface area contributed by atoms with Gasteiger partial charge in [-0.3, -0.25) is 0 Å². The van der Waals surface area contributed by atoms with Crippen molar-refractivity contribution >= 4 is 11.5 Å². The Morgan fingerprint density at radius 3 is 2.42 bits per heavy atom. The third-order valence-corrected chi connectivity index (χ3v) is 12.7. The number of aromatic carboxylic acids is 1. The number of benzene rings is 1. The Bertz CT molecular complexity index is 1040. The molecule has 0 heterocycles. The molecule has 5 aliphatic rings. The Morgan fingerprint density at radius 1 is 0.944 bits per heavy atom. The lowest BCUT2D eigenvalue weighted by Gasteiger charge is -2.67. The minimum Gasteiger partial charge on any atom is -0.478 e. The van der Waals surface area contributed by atoms with Gasteiger partial charge in [0.25, 0.3) is 0 Å². The maximum Gasteiger partial charge on any atom is 0.335 e. The fourth-order valence-electron chi connectivity index (χ4n) is 11.3. The molecule has 36 heavy (non-hydrogen) atoms. The number of hydrogen-bond donors (Lipinski definition) is 2. The molecule has 0 spiro atoms. The molecule has 0 aromatic heterocycles. The zero-order valence-corrected chi connectivity index (χ0v) is 23.0. The van der Waals surface area contributed by atoms with Crippen LogP contribution in [0.4, 0.5) is 0 Å². The molecule has 1 aromatic carbocycles. The van der Waals surface area contributed by atoms with Gasteiger partial charge in [0.1, 0.15) is 0 Å². The van der Waals surface area contributed by atoms with Gasteiger partial charge in [-0.05, 0) is 134 Å². The molecule has 4 fully saturated rings. The summed E-state index contributed by atoms with van der Waals surface area (Å²) in [6.07, 6.45) is 16.5. The van der Waals surface area contributed by atoms with Crippen molar-refractivity contribution in [3.05, 3.63) is 41.5 Å². The van der Waals surface area contributed by atoms with Crippen molar-refractivity contribution in [2.24, 2.45) is 46.3 Å². The summed E-state index contributed by atoms with van der Waals surface area (Å²) in [5, 5.41) is 13.3. The second-order valence-corrected chi connectivity index (χ2v) is 13.8. The zero-order valence-electron chi connectivity index (χ0n) is 23.0. The molecule has 0 aliphatic heterocycles. The summed E-state index contributed by atoms with van der Waals surface area (Å²) >= 11 is 0. The summed E-state index contributed by atoms with van der Waals surface area (Å²) in [6, 6.07) is 7.62. The van der Waals surface area contributed by atoms with Gasteiger partial charge in [0, 0.05) is 5.54 Å². The van der Waals surface area contributed by atoms with Gasteiger partial charge in [0.05, 0.1) is 5.56 Å². The van der Waals surface area contributed by atoms with E-state index in [9.17, 15) is 9.90 Å². The summed E-state index contributed by atoms with van der Waals surface area (Å²) < 4.78 is 0. The second kappa shape index (κ2) is 8.72. The molecule has 1 aromatic rings. The van der Waals surface area contributed by atoms with Crippen molar-refractivity contribution in [3.63, 3.8) is 0 Å². The van der Waals surface area contributed by atoms with Crippen LogP contribution in [0.2, 0.25) is 0 Å². The van der Waals surface area contributed by atoms with Crippen LogP contribution in [-0.4, -0.2) is 23.2 Å². The monoisotopic (exact) mass is 489 g/mol. The molecule has 6 rings (SSSR count). The lowest BCUT2D eigenvalue weighted by atomic mass is 9.38. The number of carboxylic acids is 1. The predicted molar refractivity (Wildman–Crippen MR) is 147 cm³/mol. The molecule has 196 valence electrons. The molecular formula is C33H47NO2. The lowest BCUT2D eigenvalue weighted by Crippen LogP contribution is -2.62. The molecule has 4 saturated carbocycles. The highest BCUT2D eigenvalue weighted by Crippen LogP contribution is 2.70. The van der Waals surface area contributed by atoms with E-state index in [0.717, 1.165) is 36.1 Å². The summed E-state index contributed by atoms with van der Waals surface area (Å²) in [7, 11) is 0. The number of fused-ring (bicyclic) bond motifs is 7. The van der Waals surface area contributed by atoms with E-state index in [0.29, 0.717) is 27.9 Å². The first-order valence-electron chi connectivity index (χ1n) is 15.0. The third-order valence-electron chi connectivity index (χ3n) is 12.7. The van der Waals surface area contributed by atoms with Crippen molar-refractivity contribution in [1.82, 2.24) is 5.32 Å². The van der Waals surface area contributed by atoms with Crippen LogP contribution < -0.4 is 5.32 Å². The molecule has 9 atom stereocenters. The lowest BCUT2D eigenvalue weighted by molar-refractivity contribution is -0.164. The van der Waals surface area contributed by atoms with Crippen molar-refractivity contribution in [3.8, 4) is 0 Å². The third kappa shape index (κ3) is 3.44. The van der Waals surface area contributed by atoms with Gasteiger partial charge < -0.3 is 10.4 Å². The fraction of sp³-hybridized carbons (Fsp3) is 0.727. The second-order valence-electron chi connectivity index (χ2n) is 13.8. The van der Waals surface area contributed by atoms with Crippen molar-refractivity contribution in [2.75, 3.05) is 6.54 Å². The van der Waals surface area contributed by atoms with Crippen LogP contribution in [0.5, 0.6) is 0 Å². The average Bonchev–Trinajstić information content (AvgIpc) is 3.28. The first kappa shape index (κ1) is 24.7. The van der Waals surface area contributed by atoms with Gasteiger partial charge in [-0.2, -0.15) is 0 Å². The molecule has 3 nitrogen and oxygen atoms in total. The van der Waals surface area contributed by atoms with E-state index < -0.39 is 5.97 Å². The Balaban J connectivity index is 1.28. The molecule has 0 bridgehead atoms. The smallest absolute Gasteiger partial charge is 0.335 e. The number of hydrogen-bond acceptors (Lipinski definition) is 2. The van der Waals surface area contributed by atoms with Crippen molar-refractivity contribution in [2.45, 2.75) is 97.4 Å². The Hall–Kier alpha value is -1.61. The van der Waals surface area contributed by atoms with E-state index >= 15 is 0 Å². The van der Waals surface area contributed by atoms with Crippen LogP contribution in [0.15, 0.2) is 30.3 Å². The summed E-state index contributed by atoms with van der Waals surface area (Å²) in [5.41, 5.74) is 4.38. The largest absolute Gasteiger partial charge is 0.478 e. The summed E-state index contributed by atoms with van der Waals surface area (Å²) in [5.74, 6) is 3.99. The minimum atomic E-state index is -0.843. The molecule has 8 unspecified atom stereocenters. The van der Waals surface area contributed by atoms with Crippen LogP contribution in [0.25, 0.3) is 5.57 Å². The quantitative estimate of drug-likeness (QED) is 0.453. The highest BCUT2D eigenvalue weighted by molar-refractivity contribution is 5.88. The van der Waals surface area contributed by atoms with Crippen LogP contribution in [0.1, 0.15) is 108 Å². The van der Waals surface area contributed by atoms with Crippen LogP contribution >= 0.6 is 0 Å². The normalized spacial score (nSPS) is 45.6.